The molecule has 0 aliphatic carbocycles. The van der Waals surface area contributed by atoms with E-state index in [4.69, 9.17) is 11.6 Å². The highest BCUT2D eigenvalue weighted by atomic mass is 35.5. The van der Waals surface area contributed by atoms with E-state index >= 15 is 0 Å². The molecule has 0 aliphatic rings. The Morgan fingerprint density at radius 2 is 2.12 bits per heavy atom. The number of imidazole rings is 1. The van der Waals surface area contributed by atoms with Crippen molar-refractivity contribution >= 4 is 34.4 Å². The number of nitrogens with one attached hydrogen (secondary N) is 2. The lowest BCUT2D eigenvalue weighted by Crippen LogP contribution is -2.17. The van der Waals surface area contributed by atoms with Crippen molar-refractivity contribution in [3.8, 4) is 11.4 Å². The number of benzene rings is 1. The minimum atomic E-state index is -0.0120. The molecule has 0 atom stereocenters. The van der Waals surface area contributed by atoms with Gasteiger partial charge in [0.2, 0.25) is 5.91 Å². The summed E-state index contributed by atoms with van der Waals surface area (Å²) in [7, 11) is 3.99. The predicted octanol–water partition coefficient (Wildman–Crippen LogP) is 3.87. The van der Waals surface area contributed by atoms with Crippen LogP contribution < -0.4 is 5.32 Å². The van der Waals surface area contributed by atoms with Gasteiger partial charge in [-0.3, -0.25) is 4.79 Å². The zero-order valence-electron chi connectivity index (χ0n) is 15.1. The Balaban J connectivity index is 1.79. The van der Waals surface area contributed by atoms with Crippen LogP contribution in [0.4, 0.5) is 5.69 Å². The molecule has 3 rings (SSSR count). The molecule has 1 aromatic carbocycles. The Morgan fingerprint density at radius 1 is 1.31 bits per heavy atom. The molecule has 7 heteroatoms. The molecule has 26 heavy (non-hydrogen) atoms. The van der Waals surface area contributed by atoms with Crippen LogP contribution in [-0.2, 0) is 4.79 Å². The maximum atomic E-state index is 12.1. The molecule has 2 aromatic heterocycles. The first-order valence-electron chi connectivity index (χ1n) is 8.49. The zero-order valence-corrected chi connectivity index (χ0v) is 15.9. The predicted molar refractivity (Wildman–Crippen MR) is 105 cm³/mol. The third-order valence-electron chi connectivity index (χ3n) is 3.99. The van der Waals surface area contributed by atoms with Crippen LogP contribution in [0.25, 0.3) is 22.6 Å². The fraction of sp³-hybridized carbons (Fsp3) is 0.316. The molecule has 0 fully saturated rings. The van der Waals surface area contributed by atoms with Gasteiger partial charge in [-0.1, -0.05) is 11.6 Å². The van der Waals surface area contributed by atoms with Gasteiger partial charge in [-0.15, -0.1) is 0 Å². The van der Waals surface area contributed by atoms with Crippen LogP contribution >= 0.6 is 11.6 Å². The van der Waals surface area contributed by atoms with Crippen molar-refractivity contribution < 1.29 is 4.79 Å². The molecule has 136 valence electrons. The van der Waals surface area contributed by atoms with Gasteiger partial charge in [0.1, 0.15) is 5.82 Å². The summed E-state index contributed by atoms with van der Waals surface area (Å²) in [6.45, 7) is 2.86. The lowest BCUT2D eigenvalue weighted by molar-refractivity contribution is -0.116. The number of aryl methyl sites for hydroxylation is 1. The van der Waals surface area contributed by atoms with Crippen molar-refractivity contribution in [1.82, 2.24) is 19.9 Å². The number of fused-ring (bicyclic) bond motifs is 1. The Bertz CT molecular complexity index is 935. The van der Waals surface area contributed by atoms with Gasteiger partial charge in [0.05, 0.1) is 10.5 Å². The lowest BCUT2D eigenvalue weighted by Gasteiger charge is -2.10. The highest BCUT2D eigenvalue weighted by Gasteiger charge is 2.12. The Hall–Kier alpha value is -2.44. The molecule has 0 saturated heterocycles. The van der Waals surface area contributed by atoms with E-state index in [1.165, 1.54) is 0 Å². The highest BCUT2D eigenvalue weighted by Crippen LogP contribution is 2.30. The van der Waals surface area contributed by atoms with E-state index in [9.17, 15) is 4.79 Å². The summed E-state index contributed by atoms with van der Waals surface area (Å²) in [5.74, 6) is 0.619. The fourth-order valence-corrected chi connectivity index (χ4v) is 2.90. The van der Waals surface area contributed by atoms with Crippen molar-refractivity contribution in [1.29, 1.82) is 0 Å². The number of nitrogens with zero attached hydrogens (tertiary/aromatic N) is 3. The summed E-state index contributed by atoms with van der Waals surface area (Å²) in [6, 6.07) is 7.37. The highest BCUT2D eigenvalue weighted by molar-refractivity contribution is 6.33. The number of carbonyl (C=O) groups excluding carboxylic acids is 1. The van der Waals surface area contributed by atoms with Crippen LogP contribution in [0.5, 0.6) is 0 Å². The zero-order chi connectivity index (χ0) is 18.7. The molecular weight excluding hydrogens is 350 g/mol. The van der Waals surface area contributed by atoms with E-state index < -0.39 is 0 Å². The van der Waals surface area contributed by atoms with E-state index in [0.29, 0.717) is 28.6 Å². The van der Waals surface area contributed by atoms with Crippen LogP contribution in [0.15, 0.2) is 30.5 Å². The van der Waals surface area contributed by atoms with Crippen LogP contribution in [0.2, 0.25) is 5.02 Å². The van der Waals surface area contributed by atoms with Crippen molar-refractivity contribution in [2.75, 3.05) is 26.0 Å². The smallest absolute Gasteiger partial charge is 0.224 e. The number of hydrogen-bond acceptors (Lipinski definition) is 4. The van der Waals surface area contributed by atoms with E-state index in [-0.39, 0.29) is 5.91 Å². The second-order valence-electron chi connectivity index (χ2n) is 6.62. The van der Waals surface area contributed by atoms with Gasteiger partial charge in [0.25, 0.3) is 0 Å². The summed E-state index contributed by atoms with van der Waals surface area (Å²) in [4.78, 5) is 26.2. The molecule has 2 N–H and O–H groups in total. The van der Waals surface area contributed by atoms with E-state index in [1.54, 1.807) is 18.3 Å². The maximum absolute atomic E-state index is 12.1. The molecule has 0 bridgehead atoms. The molecule has 3 aromatic rings. The minimum Gasteiger partial charge on any atom is -0.337 e. The lowest BCUT2D eigenvalue weighted by atomic mass is 10.2. The van der Waals surface area contributed by atoms with Gasteiger partial charge in [0.15, 0.2) is 5.65 Å². The Labute approximate surface area is 157 Å². The summed E-state index contributed by atoms with van der Waals surface area (Å²) >= 11 is 6.35. The minimum absolute atomic E-state index is 0.0120. The van der Waals surface area contributed by atoms with Gasteiger partial charge in [0, 0.05) is 23.9 Å². The van der Waals surface area contributed by atoms with Crippen molar-refractivity contribution in [2.24, 2.45) is 0 Å². The van der Waals surface area contributed by atoms with Crippen molar-refractivity contribution in [3.63, 3.8) is 0 Å². The number of rotatable bonds is 6. The Kier molecular flexibility index (Phi) is 5.54. The molecule has 1 amide bonds. The summed E-state index contributed by atoms with van der Waals surface area (Å²) < 4.78 is 0. The average molecular weight is 372 g/mol. The normalized spacial score (nSPS) is 11.3. The number of anilines is 1. The monoisotopic (exact) mass is 371 g/mol. The summed E-state index contributed by atoms with van der Waals surface area (Å²) in [5, 5.41) is 3.48. The molecule has 6 nitrogen and oxygen atoms in total. The molecular formula is C19H22ClN5O. The van der Waals surface area contributed by atoms with Gasteiger partial charge < -0.3 is 15.2 Å². The topological polar surface area (TPSA) is 73.9 Å². The maximum Gasteiger partial charge on any atom is 0.224 e. The van der Waals surface area contributed by atoms with Gasteiger partial charge in [-0.25, -0.2) is 9.97 Å². The number of hydrogen-bond donors (Lipinski definition) is 2. The van der Waals surface area contributed by atoms with Crippen molar-refractivity contribution in [2.45, 2.75) is 19.8 Å². The number of H-pyrrole nitrogens is 1. The molecule has 0 unspecified atom stereocenters. The van der Waals surface area contributed by atoms with Gasteiger partial charge in [-0.2, -0.15) is 0 Å². The number of aromatic nitrogens is 3. The SMILES string of the molecule is Cc1cnc2nc(-c3cc(NC(=O)CCCN(C)C)ccc3Cl)[nH]c2c1. The second-order valence-corrected chi connectivity index (χ2v) is 7.03. The van der Waals surface area contributed by atoms with E-state index in [0.717, 1.165) is 29.6 Å². The largest absolute Gasteiger partial charge is 0.337 e. The van der Waals surface area contributed by atoms with Gasteiger partial charge >= 0.3 is 0 Å². The van der Waals surface area contributed by atoms with Crippen LogP contribution in [-0.4, -0.2) is 46.4 Å². The molecule has 2 heterocycles. The first-order chi connectivity index (χ1) is 12.4. The van der Waals surface area contributed by atoms with E-state index in [1.807, 2.05) is 33.2 Å². The average Bonchev–Trinajstić information content (AvgIpc) is 2.99. The van der Waals surface area contributed by atoms with Crippen LogP contribution in [0, 0.1) is 6.92 Å². The third kappa shape index (κ3) is 4.39. The van der Waals surface area contributed by atoms with Gasteiger partial charge in [-0.05, 0) is 63.8 Å². The quantitative estimate of drug-likeness (QED) is 0.689. The number of carbonyl (C=O) groups is 1. The number of aromatic amines is 1. The summed E-state index contributed by atoms with van der Waals surface area (Å²) in [5.41, 5.74) is 3.98. The van der Waals surface area contributed by atoms with Crippen LogP contribution in [0.1, 0.15) is 18.4 Å². The molecule has 0 saturated carbocycles. The standard InChI is InChI=1S/C19H22ClN5O/c1-12-9-16-19(21-11-12)24-18(23-16)14-10-13(6-7-15(14)20)22-17(26)5-4-8-25(2)3/h6-7,9-11H,4-5,8H2,1-3H3,(H,22,26)(H,21,23,24). The van der Waals surface area contributed by atoms with E-state index in [2.05, 4.69) is 25.2 Å². The number of halogens is 1. The summed E-state index contributed by atoms with van der Waals surface area (Å²) in [6.07, 6.45) is 3.07. The van der Waals surface area contributed by atoms with Crippen molar-refractivity contribution in [3.05, 3.63) is 41.0 Å². The number of amides is 1. The molecule has 0 aliphatic heterocycles. The fourth-order valence-electron chi connectivity index (χ4n) is 2.70. The second kappa shape index (κ2) is 7.85. The first-order valence-corrected chi connectivity index (χ1v) is 8.87. The molecule has 0 spiro atoms. The Morgan fingerprint density at radius 3 is 2.88 bits per heavy atom. The molecule has 0 radical (unpaired) electrons. The first kappa shape index (κ1) is 18.4. The third-order valence-corrected chi connectivity index (χ3v) is 4.32. The number of pyridine rings is 1. The van der Waals surface area contributed by atoms with Crippen LogP contribution in [0.3, 0.4) is 0 Å².